The SMILES string of the molecule is CCNCc1cccc(C#CC(=O)OCC)c1. The van der Waals surface area contributed by atoms with E-state index in [1.54, 1.807) is 6.92 Å². The molecule has 1 aromatic carbocycles. The van der Waals surface area contributed by atoms with Gasteiger partial charge in [0.1, 0.15) is 0 Å². The topological polar surface area (TPSA) is 38.3 Å². The van der Waals surface area contributed by atoms with Gasteiger partial charge in [-0.2, -0.15) is 0 Å². The lowest BCUT2D eigenvalue weighted by molar-refractivity contribution is -0.136. The molecule has 0 saturated heterocycles. The summed E-state index contributed by atoms with van der Waals surface area (Å²) in [6.07, 6.45) is 0. The second kappa shape index (κ2) is 7.48. The van der Waals surface area contributed by atoms with E-state index in [0.29, 0.717) is 6.61 Å². The highest BCUT2D eigenvalue weighted by Crippen LogP contribution is 2.03. The summed E-state index contributed by atoms with van der Waals surface area (Å²) in [5.74, 6) is 4.76. The highest BCUT2D eigenvalue weighted by Gasteiger charge is 1.95. The van der Waals surface area contributed by atoms with Crippen LogP contribution in [0, 0.1) is 11.8 Å². The van der Waals surface area contributed by atoms with Gasteiger partial charge in [-0.05, 0) is 31.2 Å². The van der Waals surface area contributed by atoms with Crippen LogP contribution < -0.4 is 5.32 Å². The minimum absolute atomic E-state index is 0.355. The van der Waals surface area contributed by atoms with Crippen molar-refractivity contribution in [3.63, 3.8) is 0 Å². The predicted octanol–water partition coefficient (Wildman–Crippen LogP) is 1.71. The van der Waals surface area contributed by atoms with E-state index in [1.165, 1.54) is 0 Å². The van der Waals surface area contributed by atoms with E-state index in [-0.39, 0.29) is 0 Å². The molecule has 90 valence electrons. The monoisotopic (exact) mass is 231 g/mol. The van der Waals surface area contributed by atoms with Crippen molar-refractivity contribution < 1.29 is 9.53 Å². The van der Waals surface area contributed by atoms with E-state index < -0.39 is 5.97 Å². The molecule has 0 spiro atoms. The van der Waals surface area contributed by atoms with E-state index in [2.05, 4.69) is 24.1 Å². The average molecular weight is 231 g/mol. The van der Waals surface area contributed by atoms with Crippen LogP contribution in [0.3, 0.4) is 0 Å². The van der Waals surface area contributed by atoms with Crippen LogP contribution in [0.1, 0.15) is 25.0 Å². The molecular formula is C14H17NO2. The van der Waals surface area contributed by atoms with Crippen LogP contribution in [0.15, 0.2) is 24.3 Å². The van der Waals surface area contributed by atoms with Gasteiger partial charge in [-0.1, -0.05) is 25.0 Å². The maximum absolute atomic E-state index is 11.1. The summed E-state index contributed by atoms with van der Waals surface area (Å²) in [7, 11) is 0. The van der Waals surface area contributed by atoms with Crippen LogP contribution in [0.2, 0.25) is 0 Å². The Hall–Kier alpha value is -1.79. The van der Waals surface area contributed by atoms with Gasteiger partial charge in [0.25, 0.3) is 0 Å². The second-order valence-corrected chi connectivity index (χ2v) is 3.45. The van der Waals surface area contributed by atoms with E-state index >= 15 is 0 Å². The zero-order chi connectivity index (χ0) is 12.5. The summed E-state index contributed by atoms with van der Waals surface area (Å²) in [6.45, 7) is 5.92. The molecule has 0 radical (unpaired) electrons. The van der Waals surface area contributed by atoms with Gasteiger partial charge in [-0.25, -0.2) is 4.79 Å². The average Bonchev–Trinajstić information content (AvgIpc) is 2.35. The number of hydrogen-bond donors (Lipinski definition) is 1. The zero-order valence-corrected chi connectivity index (χ0v) is 10.2. The molecule has 17 heavy (non-hydrogen) atoms. The Morgan fingerprint density at radius 1 is 1.41 bits per heavy atom. The first-order valence-electron chi connectivity index (χ1n) is 5.74. The molecular weight excluding hydrogens is 214 g/mol. The summed E-state index contributed by atoms with van der Waals surface area (Å²) in [5, 5.41) is 3.24. The van der Waals surface area contributed by atoms with Crippen LogP contribution in [0.4, 0.5) is 0 Å². The molecule has 0 aliphatic carbocycles. The number of carbonyl (C=O) groups is 1. The third kappa shape index (κ3) is 5.19. The summed E-state index contributed by atoms with van der Waals surface area (Å²) >= 11 is 0. The lowest BCUT2D eigenvalue weighted by atomic mass is 10.1. The third-order valence-corrected chi connectivity index (χ3v) is 2.09. The number of nitrogens with one attached hydrogen (secondary N) is 1. The zero-order valence-electron chi connectivity index (χ0n) is 10.2. The van der Waals surface area contributed by atoms with Crippen molar-refractivity contribution in [1.82, 2.24) is 5.32 Å². The molecule has 0 aliphatic rings. The molecule has 0 heterocycles. The standard InChI is InChI=1S/C14H17NO2/c1-3-15-11-13-7-5-6-12(10-13)8-9-14(16)17-4-2/h5-7,10,15H,3-4,11H2,1-2H3. The van der Waals surface area contributed by atoms with Gasteiger partial charge in [0, 0.05) is 18.0 Å². The molecule has 1 rings (SSSR count). The van der Waals surface area contributed by atoms with Crippen molar-refractivity contribution in [2.75, 3.05) is 13.2 Å². The second-order valence-electron chi connectivity index (χ2n) is 3.45. The molecule has 0 bridgehead atoms. The Kier molecular flexibility index (Phi) is 5.84. The van der Waals surface area contributed by atoms with Gasteiger partial charge in [0.15, 0.2) is 0 Å². The molecule has 0 amide bonds. The molecule has 0 atom stereocenters. The Bertz CT molecular complexity index is 429. The smallest absolute Gasteiger partial charge is 0.384 e. The fraction of sp³-hybridized carbons (Fsp3) is 0.357. The van der Waals surface area contributed by atoms with Gasteiger partial charge in [-0.15, -0.1) is 0 Å². The molecule has 1 N–H and O–H groups in total. The minimum Gasteiger partial charge on any atom is -0.456 e. The number of esters is 1. The normalized spacial score (nSPS) is 9.29. The summed E-state index contributed by atoms with van der Waals surface area (Å²) < 4.78 is 4.73. The van der Waals surface area contributed by atoms with Crippen LogP contribution in [0.5, 0.6) is 0 Å². The van der Waals surface area contributed by atoms with Crippen LogP contribution in [-0.2, 0) is 16.1 Å². The Balaban J connectivity index is 2.67. The first kappa shape index (κ1) is 13.3. The molecule has 0 fully saturated rings. The fourth-order valence-corrected chi connectivity index (χ4v) is 1.32. The van der Waals surface area contributed by atoms with Gasteiger partial charge < -0.3 is 10.1 Å². The summed E-state index contributed by atoms with van der Waals surface area (Å²) in [4.78, 5) is 11.1. The van der Waals surface area contributed by atoms with Gasteiger partial charge in [0.05, 0.1) is 6.61 Å². The quantitative estimate of drug-likeness (QED) is 0.633. The molecule has 0 aromatic heterocycles. The van der Waals surface area contributed by atoms with Crippen molar-refractivity contribution in [3.8, 4) is 11.8 Å². The highest BCUT2D eigenvalue weighted by molar-refractivity contribution is 5.89. The number of carbonyl (C=O) groups excluding carboxylic acids is 1. The van der Waals surface area contributed by atoms with Gasteiger partial charge in [0.2, 0.25) is 0 Å². The van der Waals surface area contributed by atoms with E-state index in [0.717, 1.165) is 24.2 Å². The van der Waals surface area contributed by atoms with E-state index in [4.69, 9.17) is 4.74 Å². The third-order valence-electron chi connectivity index (χ3n) is 2.09. The number of benzene rings is 1. The lowest BCUT2D eigenvalue weighted by Crippen LogP contribution is -2.11. The Labute approximate surface area is 102 Å². The van der Waals surface area contributed by atoms with Crippen LogP contribution >= 0.6 is 0 Å². The number of ether oxygens (including phenoxy) is 1. The van der Waals surface area contributed by atoms with Crippen LogP contribution in [-0.4, -0.2) is 19.1 Å². The Morgan fingerprint density at radius 2 is 2.24 bits per heavy atom. The number of hydrogen-bond acceptors (Lipinski definition) is 3. The summed E-state index contributed by atoms with van der Waals surface area (Å²) in [5.41, 5.74) is 1.98. The van der Waals surface area contributed by atoms with Crippen LogP contribution in [0.25, 0.3) is 0 Å². The molecule has 1 aromatic rings. The molecule has 3 heteroatoms. The molecule has 3 nitrogen and oxygen atoms in total. The van der Waals surface area contributed by atoms with Crippen molar-refractivity contribution in [1.29, 1.82) is 0 Å². The first-order chi connectivity index (χ1) is 8.26. The first-order valence-corrected chi connectivity index (χ1v) is 5.74. The maximum atomic E-state index is 11.1. The molecule has 0 saturated carbocycles. The van der Waals surface area contributed by atoms with Gasteiger partial charge in [-0.3, -0.25) is 0 Å². The van der Waals surface area contributed by atoms with Crippen molar-refractivity contribution >= 4 is 5.97 Å². The summed E-state index contributed by atoms with van der Waals surface area (Å²) in [6, 6.07) is 7.80. The van der Waals surface area contributed by atoms with E-state index in [1.807, 2.05) is 24.3 Å². The Morgan fingerprint density at radius 3 is 2.94 bits per heavy atom. The lowest BCUT2D eigenvalue weighted by Gasteiger charge is -2.01. The minimum atomic E-state index is -0.482. The van der Waals surface area contributed by atoms with Crippen molar-refractivity contribution in [2.24, 2.45) is 0 Å². The van der Waals surface area contributed by atoms with Gasteiger partial charge >= 0.3 is 5.97 Å². The van der Waals surface area contributed by atoms with Crippen molar-refractivity contribution in [3.05, 3.63) is 35.4 Å². The van der Waals surface area contributed by atoms with Crippen molar-refractivity contribution in [2.45, 2.75) is 20.4 Å². The largest absolute Gasteiger partial charge is 0.456 e. The maximum Gasteiger partial charge on any atom is 0.384 e. The fourth-order valence-electron chi connectivity index (χ4n) is 1.32. The molecule has 0 unspecified atom stereocenters. The molecule has 0 aliphatic heterocycles. The van der Waals surface area contributed by atoms with E-state index in [9.17, 15) is 4.79 Å². The highest BCUT2D eigenvalue weighted by atomic mass is 16.5. The number of rotatable bonds is 4. The predicted molar refractivity (Wildman–Crippen MR) is 67.3 cm³/mol.